The molecule has 0 saturated carbocycles. The predicted molar refractivity (Wildman–Crippen MR) is 109 cm³/mol. The van der Waals surface area contributed by atoms with E-state index in [0.717, 1.165) is 24.2 Å². The number of nitrogens with one attached hydrogen (secondary N) is 1. The van der Waals surface area contributed by atoms with Gasteiger partial charge in [0.15, 0.2) is 6.61 Å². The minimum atomic E-state index is -0.546. The Balaban J connectivity index is 1.19. The van der Waals surface area contributed by atoms with Crippen molar-refractivity contribution >= 4 is 29.4 Å². The first kappa shape index (κ1) is 19.8. The van der Waals surface area contributed by atoms with Gasteiger partial charge in [-0.15, -0.1) is 0 Å². The minimum absolute atomic E-state index is 0.0134. The first-order chi connectivity index (χ1) is 14.5. The molecule has 4 rings (SSSR count). The van der Waals surface area contributed by atoms with E-state index in [1.54, 1.807) is 24.3 Å². The molecule has 154 valence electrons. The molecule has 7 nitrogen and oxygen atoms in total. The lowest BCUT2D eigenvalue weighted by Gasteiger charge is -2.13. The molecule has 7 heteroatoms. The molecule has 0 saturated heterocycles. The summed E-state index contributed by atoms with van der Waals surface area (Å²) in [5.74, 6) is -1.65. The fourth-order valence-corrected chi connectivity index (χ4v) is 3.89. The Morgan fingerprint density at radius 1 is 0.967 bits per heavy atom. The number of nitrogens with zero attached hydrogens (tertiary/aromatic N) is 1. The van der Waals surface area contributed by atoms with Crippen molar-refractivity contribution < 1.29 is 23.9 Å². The summed E-state index contributed by atoms with van der Waals surface area (Å²) in [5, 5.41) is 2.74. The third-order valence-electron chi connectivity index (χ3n) is 5.39. The van der Waals surface area contributed by atoms with Crippen molar-refractivity contribution in [1.82, 2.24) is 4.90 Å². The van der Waals surface area contributed by atoms with Gasteiger partial charge in [-0.25, -0.2) is 0 Å². The highest BCUT2D eigenvalue weighted by molar-refractivity contribution is 6.21. The Kier molecular flexibility index (Phi) is 5.61. The highest BCUT2D eigenvalue weighted by Crippen LogP contribution is 2.25. The number of rotatable bonds is 7. The van der Waals surface area contributed by atoms with Gasteiger partial charge in [-0.05, 0) is 61.1 Å². The summed E-state index contributed by atoms with van der Waals surface area (Å²) in [6.07, 6.45) is 3.50. The van der Waals surface area contributed by atoms with Crippen molar-refractivity contribution in [2.24, 2.45) is 0 Å². The maximum absolute atomic E-state index is 12.3. The molecule has 0 spiro atoms. The molecule has 2 aromatic rings. The first-order valence-electron chi connectivity index (χ1n) is 10.1. The number of aryl methyl sites for hydroxylation is 2. The third kappa shape index (κ3) is 4.10. The van der Waals surface area contributed by atoms with Crippen LogP contribution in [0.15, 0.2) is 42.5 Å². The van der Waals surface area contributed by atoms with Gasteiger partial charge < -0.3 is 10.1 Å². The van der Waals surface area contributed by atoms with E-state index in [0.29, 0.717) is 16.8 Å². The number of benzene rings is 2. The Morgan fingerprint density at radius 2 is 1.67 bits per heavy atom. The fraction of sp³-hybridized carbons (Fsp3) is 0.304. The van der Waals surface area contributed by atoms with Crippen LogP contribution in [0.4, 0.5) is 5.69 Å². The van der Waals surface area contributed by atoms with E-state index in [-0.39, 0.29) is 37.8 Å². The van der Waals surface area contributed by atoms with Gasteiger partial charge in [-0.1, -0.05) is 18.2 Å². The largest absolute Gasteiger partial charge is 0.456 e. The Labute approximate surface area is 174 Å². The molecule has 30 heavy (non-hydrogen) atoms. The Hall–Kier alpha value is -3.48. The molecule has 0 radical (unpaired) electrons. The molecule has 2 aliphatic rings. The van der Waals surface area contributed by atoms with Crippen molar-refractivity contribution in [3.63, 3.8) is 0 Å². The number of imide groups is 1. The minimum Gasteiger partial charge on any atom is -0.456 e. The number of fused-ring (bicyclic) bond motifs is 2. The SMILES string of the molecule is O=C(COC(=O)CCCN1C(=O)c2ccccc2C1=O)Nc1ccc2c(c1)CCC2. The van der Waals surface area contributed by atoms with Crippen molar-refractivity contribution in [1.29, 1.82) is 0 Å². The maximum Gasteiger partial charge on any atom is 0.306 e. The van der Waals surface area contributed by atoms with Crippen LogP contribution in [-0.2, 0) is 27.2 Å². The van der Waals surface area contributed by atoms with Crippen LogP contribution < -0.4 is 5.32 Å². The normalized spacial score (nSPS) is 14.5. The quantitative estimate of drug-likeness (QED) is 0.564. The van der Waals surface area contributed by atoms with E-state index in [2.05, 4.69) is 5.32 Å². The van der Waals surface area contributed by atoms with Crippen LogP contribution in [0.5, 0.6) is 0 Å². The summed E-state index contributed by atoms with van der Waals surface area (Å²) in [6, 6.07) is 12.5. The average Bonchev–Trinajstić information content (AvgIpc) is 3.30. The Morgan fingerprint density at radius 3 is 2.40 bits per heavy atom. The number of hydrogen-bond acceptors (Lipinski definition) is 5. The van der Waals surface area contributed by atoms with Crippen molar-refractivity contribution in [3.05, 3.63) is 64.7 Å². The second-order valence-electron chi connectivity index (χ2n) is 7.46. The summed E-state index contributed by atoms with van der Waals surface area (Å²) in [5.41, 5.74) is 4.03. The Bertz CT molecular complexity index is 995. The predicted octanol–water partition coefficient (Wildman–Crippen LogP) is 2.73. The van der Waals surface area contributed by atoms with Crippen molar-refractivity contribution in [3.8, 4) is 0 Å². The molecule has 0 aromatic heterocycles. The molecule has 1 aliphatic carbocycles. The molecule has 2 aromatic carbocycles. The molecular formula is C23H22N2O5. The van der Waals surface area contributed by atoms with Gasteiger partial charge in [0.25, 0.3) is 17.7 Å². The average molecular weight is 406 g/mol. The lowest BCUT2D eigenvalue weighted by Crippen LogP contribution is -2.31. The zero-order chi connectivity index (χ0) is 21.1. The molecule has 0 atom stereocenters. The van der Waals surface area contributed by atoms with Gasteiger partial charge in [-0.3, -0.25) is 24.1 Å². The zero-order valence-electron chi connectivity index (χ0n) is 16.5. The van der Waals surface area contributed by atoms with Crippen LogP contribution in [0.1, 0.15) is 51.1 Å². The molecule has 1 N–H and O–H groups in total. The lowest BCUT2D eigenvalue weighted by molar-refractivity contribution is -0.147. The van der Waals surface area contributed by atoms with E-state index >= 15 is 0 Å². The van der Waals surface area contributed by atoms with Gasteiger partial charge >= 0.3 is 5.97 Å². The number of esters is 1. The molecule has 0 fully saturated rings. The van der Waals surface area contributed by atoms with E-state index < -0.39 is 11.9 Å². The maximum atomic E-state index is 12.3. The van der Waals surface area contributed by atoms with Crippen LogP contribution >= 0.6 is 0 Å². The van der Waals surface area contributed by atoms with Crippen LogP contribution in [0.25, 0.3) is 0 Å². The zero-order valence-corrected chi connectivity index (χ0v) is 16.5. The molecular weight excluding hydrogens is 384 g/mol. The van der Waals surface area contributed by atoms with E-state index in [4.69, 9.17) is 4.74 Å². The summed E-state index contributed by atoms with van der Waals surface area (Å²) in [4.78, 5) is 49.6. The van der Waals surface area contributed by atoms with E-state index in [9.17, 15) is 19.2 Å². The third-order valence-corrected chi connectivity index (χ3v) is 5.39. The topological polar surface area (TPSA) is 92.8 Å². The number of carbonyl (C=O) groups excluding carboxylic acids is 4. The molecule has 1 aliphatic heterocycles. The van der Waals surface area contributed by atoms with Crippen molar-refractivity contribution in [2.45, 2.75) is 32.1 Å². The molecule has 3 amide bonds. The standard InChI is InChI=1S/C23H22N2O5/c26-20(24-17-11-10-15-5-3-6-16(15)13-17)14-30-21(27)9-4-12-25-22(28)18-7-1-2-8-19(18)23(25)29/h1-2,7-8,10-11,13H,3-6,9,12,14H2,(H,24,26). The summed E-state index contributed by atoms with van der Waals surface area (Å²) >= 11 is 0. The van der Waals surface area contributed by atoms with Crippen LogP contribution in [0.3, 0.4) is 0 Å². The number of ether oxygens (including phenoxy) is 1. The van der Waals surface area contributed by atoms with Crippen LogP contribution in [-0.4, -0.2) is 41.7 Å². The monoisotopic (exact) mass is 406 g/mol. The van der Waals surface area contributed by atoms with Crippen LogP contribution in [0, 0.1) is 0 Å². The van der Waals surface area contributed by atoms with Gasteiger partial charge in [-0.2, -0.15) is 0 Å². The summed E-state index contributed by atoms with van der Waals surface area (Å²) in [7, 11) is 0. The summed E-state index contributed by atoms with van der Waals surface area (Å²) < 4.78 is 5.01. The van der Waals surface area contributed by atoms with Gasteiger partial charge in [0, 0.05) is 18.7 Å². The second-order valence-corrected chi connectivity index (χ2v) is 7.46. The van der Waals surface area contributed by atoms with Gasteiger partial charge in [0.1, 0.15) is 0 Å². The lowest BCUT2D eigenvalue weighted by atomic mass is 10.1. The number of carbonyl (C=O) groups is 4. The number of amides is 3. The van der Waals surface area contributed by atoms with Gasteiger partial charge in [0.05, 0.1) is 11.1 Å². The second kappa shape index (κ2) is 8.49. The molecule has 0 unspecified atom stereocenters. The highest BCUT2D eigenvalue weighted by atomic mass is 16.5. The van der Waals surface area contributed by atoms with E-state index in [1.807, 2.05) is 18.2 Å². The summed E-state index contributed by atoms with van der Waals surface area (Å²) in [6.45, 7) is -0.244. The molecule has 0 bridgehead atoms. The van der Waals surface area contributed by atoms with Crippen LogP contribution in [0.2, 0.25) is 0 Å². The first-order valence-corrected chi connectivity index (χ1v) is 10.1. The van der Waals surface area contributed by atoms with Gasteiger partial charge in [0.2, 0.25) is 0 Å². The van der Waals surface area contributed by atoms with E-state index in [1.165, 1.54) is 11.1 Å². The smallest absolute Gasteiger partial charge is 0.306 e. The number of anilines is 1. The highest BCUT2D eigenvalue weighted by Gasteiger charge is 2.34. The fourth-order valence-electron chi connectivity index (χ4n) is 3.89. The molecule has 1 heterocycles. The van der Waals surface area contributed by atoms with Crippen molar-refractivity contribution in [2.75, 3.05) is 18.5 Å². The number of hydrogen-bond donors (Lipinski definition) is 1.